The molecule has 0 amide bonds. The number of halogens is 1. The normalized spacial score (nSPS) is 30.3. The van der Waals surface area contributed by atoms with Gasteiger partial charge >= 0.3 is 5.69 Å². The van der Waals surface area contributed by atoms with Gasteiger partial charge in [-0.1, -0.05) is 0 Å². The number of alkyl halides is 1. The molecule has 0 radical (unpaired) electrons. The standard InChI is InChI=1S/C12H17FN6O4/c1-6(2)15-7-3-4-19(11(22)16-7)10-8(13)9(21)12(5-20,23-10)17-18-14/h3-4,6,8-10,14,20-21H,5H2,1-2H3/p+1/t8-,9-,10+,12+/m0/s1. The fourth-order valence-electron chi connectivity index (χ4n) is 2.27. The van der Waals surface area contributed by atoms with Crippen LogP contribution in [0.2, 0.25) is 0 Å². The van der Waals surface area contributed by atoms with Crippen molar-refractivity contribution in [3.63, 3.8) is 0 Å². The van der Waals surface area contributed by atoms with Crippen molar-refractivity contribution in [2.45, 2.75) is 44.1 Å². The number of ether oxygens (including phenoxy) is 1. The zero-order valence-corrected chi connectivity index (χ0v) is 12.5. The predicted octanol–water partition coefficient (Wildman–Crippen LogP) is -0.470. The maximum absolute atomic E-state index is 14.3. The van der Waals surface area contributed by atoms with Crippen LogP contribution in [-0.4, -0.2) is 50.4 Å². The second-order valence-corrected chi connectivity index (χ2v) is 5.40. The number of hydrogen-bond donors (Lipinski definition) is 4. The second kappa shape index (κ2) is 6.50. The fourth-order valence-corrected chi connectivity index (χ4v) is 2.27. The van der Waals surface area contributed by atoms with Crippen molar-refractivity contribution < 1.29 is 19.3 Å². The van der Waals surface area contributed by atoms with Crippen LogP contribution < -0.4 is 15.9 Å². The smallest absolute Gasteiger partial charge is 0.351 e. The summed E-state index contributed by atoms with van der Waals surface area (Å²) in [7, 11) is 0. The molecule has 4 atom stereocenters. The van der Waals surface area contributed by atoms with Gasteiger partial charge in [-0.3, -0.25) is 4.57 Å². The Kier molecular flexibility index (Phi) is 4.85. The average Bonchev–Trinajstić information content (AvgIpc) is 2.73. The van der Waals surface area contributed by atoms with Gasteiger partial charge in [0.05, 0.1) is 0 Å². The summed E-state index contributed by atoms with van der Waals surface area (Å²) in [6, 6.07) is 1.50. The van der Waals surface area contributed by atoms with E-state index in [0.29, 0.717) is 5.82 Å². The van der Waals surface area contributed by atoms with Crippen LogP contribution in [0.5, 0.6) is 0 Å². The van der Waals surface area contributed by atoms with E-state index in [1.807, 2.05) is 13.8 Å². The molecule has 10 nitrogen and oxygen atoms in total. The molecule has 11 heteroatoms. The first-order valence-corrected chi connectivity index (χ1v) is 6.90. The van der Waals surface area contributed by atoms with E-state index in [4.69, 9.17) is 10.3 Å². The van der Waals surface area contributed by atoms with Crippen molar-refractivity contribution in [2.75, 3.05) is 11.9 Å². The van der Waals surface area contributed by atoms with Crippen LogP contribution in [0.15, 0.2) is 22.2 Å². The van der Waals surface area contributed by atoms with E-state index in [9.17, 15) is 19.4 Å². The quantitative estimate of drug-likeness (QED) is 0.424. The Morgan fingerprint density at radius 3 is 2.91 bits per heavy atom. The third kappa shape index (κ3) is 3.13. The Bertz CT molecular complexity index is 676. The Balaban J connectivity index is 2.36. The van der Waals surface area contributed by atoms with E-state index in [-0.39, 0.29) is 6.04 Å². The van der Waals surface area contributed by atoms with Crippen LogP contribution in [0, 0.1) is 5.53 Å². The molecule has 4 N–H and O–H groups in total. The molecule has 1 saturated heterocycles. The van der Waals surface area contributed by atoms with Gasteiger partial charge in [-0.25, -0.2) is 9.18 Å². The summed E-state index contributed by atoms with van der Waals surface area (Å²) >= 11 is 0. The molecule has 0 spiro atoms. The van der Waals surface area contributed by atoms with E-state index in [0.717, 1.165) is 4.57 Å². The zero-order chi connectivity index (χ0) is 17.2. The lowest BCUT2D eigenvalue weighted by molar-refractivity contribution is -0.128. The van der Waals surface area contributed by atoms with Crippen LogP contribution in [0.3, 0.4) is 0 Å². The summed E-state index contributed by atoms with van der Waals surface area (Å²) < 4.78 is 20.4. The summed E-state index contributed by atoms with van der Waals surface area (Å²) in [6.45, 7) is 2.83. The highest BCUT2D eigenvalue weighted by molar-refractivity contribution is 5.32. The molecule has 1 aliphatic heterocycles. The van der Waals surface area contributed by atoms with Crippen LogP contribution in [0.25, 0.3) is 0 Å². The minimum Gasteiger partial charge on any atom is -0.391 e. The molecule has 23 heavy (non-hydrogen) atoms. The molecule has 1 aliphatic rings. The Labute approximate surface area is 130 Å². The Hall–Kier alpha value is -2.20. The van der Waals surface area contributed by atoms with Crippen molar-refractivity contribution in [2.24, 2.45) is 5.11 Å². The second-order valence-electron chi connectivity index (χ2n) is 5.40. The average molecular weight is 329 g/mol. The maximum atomic E-state index is 14.3. The molecule has 0 aromatic carbocycles. The lowest BCUT2D eigenvalue weighted by Gasteiger charge is -2.18. The number of aliphatic hydroxyl groups excluding tert-OH is 2. The van der Waals surface area contributed by atoms with Gasteiger partial charge in [0.15, 0.2) is 17.5 Å². The largest absolute Gasteiger partial charge is 0.391 e. The lowest BCUT2D eigenvalue weighted by Crippen LogP contribution is -2.43. The van der Waals surface area contributed by atoms with Crippen molar-refractivity contribution >= 4 is 5.82 Å². The monoisotopic (exact) mass is 329 g/mol. The lowest BCUT2D eigenvalue weighted by atomic mass is 10.1. The van der Waals surface area contributed by atoms with Crippen molar-refractivity contribution in [3.8, 4) is 0 Å². The number of nitrogens with zero attached hydrogens (tertiary/aromatic N) is 4. The van der Waals surface area contributed by atoms with Gasteiger partial charge in [-0.15, -0.1) is 0 Å². The predicted molar refractivity (Wildman–Crippen MR) is 75.4 cm³/mol. The van der Waals surface area contributed by atoms with Gasteiger partial charge < -0.3 is 20.3 Å². The highest BCUT2D eigenvalue weighted by Crippen LogP contribution is 2.38. The minimum absolute atomic E-state index is 0.0516. The van der Waals surface area contributed by atoms with E-state index in [2.05, 4.69) is 20.3 Å². The molecule has 1 fully saturated rings. The summed E-state index contributed by atoms with van der Waals surface area (Å²) in [5.41, 5.74) is 3.78. The molecule has 0 saturated carbocycles. The van der Waals surface area contributed by atoms with Gasteiger partial charge in [0, 0.05) is 12.2 Å². The van der Waals surface area contributed by atoms with Gasteiger partial charge in [0.2, 0.25) is 4.91 Å². The summed E-state index contributed by atoms with van der Waals surface area (Å²) in [4.78, 5) is 18.5. The van der Waals surface area contributed by atoms with Gasteiger partial charge in [0.25, 0.3) is 5.72 Å². The molecule has 0 unspecified atom stereocenters. The molecule has 126 valence electrons. The van der Waals surface area contributed by atoms with Gasteiger partial charge in [-0.05, 0) is 19.9 Å². The molecule has 2 heterocycles. The number of anilines is 1. The summed E-state index contributed by atoms with van der Waals surface area (Å²) in [5.74, 6) is 0.314. The third-order valence-electron chi connectivity index (χ3n) is 3.35. The highest BCUT2D eigenvalue weighted by Gasteiger charge is 2.60. The molecule has 0 bridgehead atoms. The zero-order valence-electron chi connectivity index (χ0n) is 12.5. The number of hydrogen-bond acceptors (Lipinski definition) is 8. The number of aliphatic hydroxyl groups is 2. The topological polar surface area (TPSA) is 147 Å². The van der Waals surface area contributed by atoms with Crippen LogP contribution in [0.1, 0.15) is 20.1 Å². The van der Waals surface area contributed by atoms with Crippen LogP contribution >= 0.6 is 0 Å². The molecule has 2 rings (SSSR count). The third-order valence-corrected chi connectivity index (χ3v) is 3.35. The van der Waals surface area contributed by atoms with Crippen molar-refractivity contribution in [1.29, 1.82) is 5.53 Å². The molecular weight excluding hydrogens is 311 g/mol. The van der Waals surface area contributed by atoms with Gasteiger partial charge in [0.1, 0.15) is 24.1 Å². The maximum Gasteiger partial charge on any atom is 0.351 e. The first kappa shape index (κ1) is 17.2. The number of aromatic nitrogens is 2. The highest BCUT2D eigenvalue weighted by atomic mass is 19.1. The van der Waals surface area contributed by atoms with E-state index < -0.39 is 36.5 Å². The Morgan fingerprint density at radius 1 is 1.70 bits per heavy atom. The van der Waals surface area contributed by atoms with E-state index >= 15 is 0 Å². The molecular formula is C12H18FN6O4+. The van der Waals surface area contributed by atoms with Crippen molar-refractivity contribution in [3.05, 3.63) is 22.7 Å². The summed E-state index contributed by atoms with van der Waals surface area (Å²) in [6.07, 6.45) is -4.23. The fraction of sp³-hybridized carbons (Fsp3) is 0.667. The molecule has 0 aliphatic carbocycles. The minimum atomic E-state index is -2.12. The van der Waals surface area contributed by atoms with E-state index in [1.165, 1.54) is 12.3 Å². The van der Waals surface area contributed by atoms with Gasteiger partial charge in [-0.2, -0.15) is 4.98 Å². The van der Waals surface area contributed by atoms with E-state index in [1.54, 1.807) is 0 Å². The Morgan fingerprint density at radius 2 is 2.39 bits per heavy atom. The van der Waals surface area contributed by atoms with Crippen molar-refractivity contribution in [1.82, 2.24) is 14.5 Å². The molecule has 1 aromatic heterocycles. The first-order valence-electron chi connectivity index (χ1n) is 6.90. The number of rotatable bonds is 5. The first-order chi connectivity index (χ1) is 10.8. The van der Waals surface area contributed by atoms with Crippen LogP contribution in [0.4, 0.5) is 10.2 Å². The number of nitrogens with one attached hydrogen (secondary N) is 2. The van der Waals surface area contributed by atoms with Crippen LogP contribution in [-0.2, 0) is 4.74 Å². The molecule has 1 aromatic rings. The summed E-state index contributed by atoms with van der Waals surface area (Å²) in [5, 5.41) is 25.4. The SMILES string of the molecule is CC(C)Nc1ccn([C@@H]2O[C@@](CO)(N=[N+]=N)[C@@H](O)[C@@H]2F)c(=O)n1.